The number of nitrogens with zero attached hydrogens (tertiary/aromatic N) is 3. The quantitative estimate of drug-likeness (QED) is 0.684. The predicted molar refractivity (Wildman–Crippen MR) is 80.4 cm³/mol. The van der Waals surface area contributed by atoms with Crippen molar-refractivity contribution in [2.75, 3.05) is 0 Å². The van der Waals surface area contributed by atoms with Gasteiger partial charge in [0.05, 0.1) is 6.21 Å². The number of rotatable bonds is 4. The fraction of sp³-hybridized carbons (Fsp3) is 0.200. The summed E-state index contributed by atoms with van der Waals surface area (Å²) in [5.41, 5.74) is 2.83. The van der Waals surface area contributed by atoms with Gasteiger partial charge in [0.1, 0.15) is 5.56 Å². The van der Waals surface area contributed by atoms with Gasteiger partial charge in [0.25, 0.3) is 11.5 Å². The van der Waals surface area contributed by atoms with E-state index >= 15 is 0 Å². The smallest absolute Gasteiger partial charge is 0.276 e. The van der Waals surface area contributed by atoms with Gasteiger partial charge in [-0.15, -0.1) is 0 Å². The lowest BCUT2D eigenvalue weighted by Crippen LogP contribution is -2.31. The van der Waals surface area contributed by atoms with E-state index < -0.39 is 5.91 Å². The van der Waals surface area contributed by atoms with Gasteiger partial charge in [-0.05, 0) is 32.0 Å². The van der Waals surface area contributed by atoms with Gasteiger partial charge in [0.15, 0.2) is 0 Å². The lowest BCUT2D eigenvalue weighted by molar-refractivity contribution is 0.0953. The molecule has 21 heavy (non-hydrogen) atoms. The molecule has 0 bridgehead atoms. The molecule has 0 aliphatic carbocycles. The second-order valence-corrected chi connectivity index (χ2v) is 4.71. The standard InChI is InChI=1S/C15H16N4O2/c1-11(2)19-8-4-6-13(15(19)21)14(20)18-17-10-12-5-3-7-16-9-12/h3-11H,1-2H3,(H,18,20)/b17-10-. The number of hydrazone groups is 1. The molecule has 2 rings (SSSR count). The molecule has 6 heteroatoms. The van der Waals surface area contributed by atoms with Crippen molar-refractivity contribution >= 4 is 12.1 Å². The van der Waals surface area contributed by atoms with Gasteiger partial charge in [0, 0.05) is 30.2 Å². The summed E-state index contributed by atoms with van der Waals surface area (Å²) in [5, 5.41) is 3.82. The lowest BCUT2D eigenvalue weighted by Gasteiger charge is -2.10. The fourth-order valence-corrected chi connectivity index (χ4v) is 1.77. The zero-order valence-electron chi connectivity index (χ0n) is 11.9. The van der Waals surface area contributed by atoms with Crippen LogP contribution in [0.5, 0.6) is 0 Å². The lowest BCUT2D eigenvalue weighted by atomic mass is 10.2. The molecule has 2 aromatic rings. The van der Waals surface area contributed by atoms with Crippen LogP contribution in [0.2, 0.25) is 0 Å². The topological polar surface area (TPSA) is 76.3 Å². The Kier molecular flexibility index (Phi) is 4.61. The van der Waals surface area contributed by atoms with Gasteiger partial charge in [-0.25, -0.2) is 5.43 Å². The van der Waals surface area contributed by atoms with Gasteiger partial charge >= 0.3 is 0 Å². The van der Waals surface area contributed by atoms with Crippen LogP contribution in [-0.2, 0) is 0 Å². The third kappa shape index (κ3) is 3.62. The largest absolute Gasteiger partial charge is 0.312 e. The Morgan fingerprint density at radius 1 is 1.38 bits per heavy atom. The van der Waals surface area contributed by atoms with Crippen molar-refractivity contribution in [2.45, 2.75) is 19.9 Å². The van der Waals surface area contributed by atoms with Crippen LogP contribution in [0.15, 0.2) is 52.8 Å². The molecule has 0 aliphatic heterocycles. The van der Waals surface area contributed by atoms with Crippen molar-refractivity contribution in [3.8, 4) is 0 Å². The molecule has 0 aromatic carbocycles. The molecule has 2 heterocycles. The molecule has 0 atom stereocenters. The van der Waals surface area contributed by atoms with Crippen molar-refractivity contribution in [3.05, 3.63) is 64.3 Å². The normalized spacial score (nSPS) is 11.0. The molecule has 1 N–H and O–H groups in total. The predicted octanol–water partition coefficient (Wildman–Crippen LogP) is 1.59. The average molecular weight is 284 g/mol. The van der Waals surface area contributed by atoms with E-state index in [1.54, 1.807) is 36.8 Å². The molecular formula is C15H16N4O2. The van der Waals surface area contributed by atoms with Gasteiger partial charge in [-0.2, -0.15) is 5.10 Å². The molecule has 6 nitrogen and oxygen atoms in total. The molecule has 0 saturated carbocycles. The van der Waals surface area contributed by atoms with Crippen LogP contribution in [0, 0.1) is 0 Å². The summed E-state index contributed by atoms with van der Waals surface area (Å²) in [6.07, 6.45) is 6.38. The molecule has 0 unspecified atom stereocenters. The van der Waals surface area contributed by atoms with Crippen molar-refractivity contribution in [3.63, 3.8) is 0 Å². The first-order chi connectivity index (χ1) is 10.1. The Balaban J connectivity index is 2.13. The number of carbonyl (C=O) groups is 1. The molecule has 108 valence electrons. The Morgan fingerprint density at radius 3 is 2.86 bits per heavy atom. The maximum Gasteiger partial charge on any atom is 0.276 e. The SMILES string of the molecule is CC(C)n1cccc(C(=O)N/N=C\c2cccnc2)c1=O. The minimum absolute atomic E-state index is 0.0101. The maximum atomic E-state index is 12.1. The van der Waals surface area contributed by atoms with Gasteiger partial charge in [-0.1, -0.05) is 6.07 Å². The monoisotopic (exact) mass is 284 g/mol. The Hall–Kier alpha value is -2.76. The molecule has 0 saturated heterocycles. The summed E-state index contributed by atoms with van der Waals surface area (Å²) in [7, 11) is 0. The van der Waals surface area contributed by atoms with Gasteiger partial charge < -0.3 is 4.57 Å². The first-order valence-corrected chi connectivity index (χ1v) is 6.54. The third-order valence-electron chi connectivity index (χ3n) is 2.84. The van der Waals surface area contributed by atoms with Gasteiger partial charge in [-0.3, -0.25) is 14.6 Å². The first-order valence-electron chi connectivity index (χ1n) is 6.54. The van der Waals surface area contributed by atoms with E-state index in [0.717, 1.165) is 5.56 Å². The fourth-order valence-electron chi connectivity index (χ4n) is 1.77. The number of hydrogen-bond donors (Lipinski definition) is 1. The Bertz CT molecular complexity index is 705. The molecule has 0 spiro atoms. The number of pyridine rings is 2. The van der Waals surface area contributed by atoms with E-state index in [4.69, 9.17) is 0 Å². The van der Waals surface area contributed by atoms with Crippen molar-refractivity contribution < 1.29 is 4.79 Å². The van der Waals surface area contributed by atoms with E-state index in [0.29, 0.717) is 0 Å². The first kappa shape index (κ1) is 14.6. The molecule has 0 aliphatic rings. The molecule has 0 radical (unpaired) electrons. The highest BCUT2D eigenvalue weighted by molar-refractivity contribution is 5.94. The van der Waals surface area contributed by atoms with Crippen molar-refractivity contribution in [1.82, 2.24) is 15.0 Å². The van der Waals surface area contributed by atoms with E-state index in [1.807, 2.05) is 13.8 Å². The van der Waals surface area contributed by atoms with E-state index in [1.165, 1.54) is 16.8 Å². The van der Waals surface area contributed by atoms with Gasteiger partial charge in [0.2, 0.25) is 0 Å². The van der Waals surface area contributed by atoms with Crippen LogP contribution in [-0.4, -0.2) is 21.7 Å². The zero-order chi connectivity index (χ0) is 15.2. The van der Waals surface area contributed by atoms with E-state index in [-0.39, 0.29) is 17.2 Å². The van der Waals surface area contributed by atoms with Crippen molar-refractivity contribution in [2.24, 2.45) is 5.10 Å². The van der Waals surface area contributed by atoms with Crippen LogP contribution >= 0.6 is 0 Å². The highest BCUT2D eigenvalue weighted by Crippen LogP contribution is 2.01. The second-order valence-electron chi connectivity index (χ2n) is 4.71. The Labute approximate surface area is 122 Å². The summed E-state index contributed by atoms with van der Waals surface area (Å²) in [6, 6.07) is 6.71. The highest BCUT2D eigenvalue weighted by Gasteiger charge is 2.12. The molecule has 0 fully saturated rings. The summed E-state index contributed by atoms with van der Waals surface area (Å²) < 4.78 is 1.50. The Morgan fingerprint density at radius 2 is 2.19 bits per heavy atom. The average Bonchev–Trinajstić information content (AvgIpc) is 2.48. The minimum atomic E-state index is -0.532. The summed E-state index contributed by atoms with van der Waals surface area (Å²) in [4.78, 5) is 28.0. The zero-order valence-corrected chi connectivity index (χ0v) is 11.9. The summed E-state index contributed by atoms with van der Waals surface area (Å²) >= 11 is 0. The highest BCUT2D eigenvalue weighted by atomic mass is 16.2. The van der Waals surface area contributed by atoms with Crippen molar-refractivity contribution in [1.29, 1.82) is 0 Å². The third-order valence-corrected chi connectivity index (χ3v) is 2.84. The summed E-state index contributed by atoms with van der Waals surface area (Å²) in [5.74, 6) is -0.532. The number of aromatic nitrogens is 2. The number of nitrogens with one attached hydrogen (secondary N) is 1. The van der Waals surface area contributed by atoms with Crippen LogP contribution in [0.25, 0.3) is 0 Å². The minimum Gasteiger partial charge on any atom is -0.312 e. The van der Waals surface area contributed by atoms with Crippen LogP contribution in [0.1, 0.15) is 35.8 Å². The maximum absolute atomic E-state index is 12.1. The molecule has 1 amide bonds. The second kappa shape index (κ2) is 6.60. The van der Waals surface area contributed by atoms with E-state index in [2.05, 4.69) is 15.5 Å². The number of carbonyl (C=O) groups excluding carboxylic acids is 1. The number of hydrogen-bond acceptors (Lipinski definition) is 4. The summed E-state index contributed by atoms with van der Waals surface area (Å²) in [6.45, 7) is 3.76. The van der Waals surface area contributed by atoms with E-state index in [9.17, 15) is 9.59 Å². The molecular weight excluding hydrogens is 268 g/mol. The van der Waals surface area contributed by atoms with Crippen LogP contribution in [0.3, 0.4) is 0 Å². The number of amides is 1. The molecule has 2 aromatic heterocycles. The van der Waals surface area contributed by atoms with Crippen LogP contribution in [0.4, 0.5) is 0 Å². The van der Waals surface area contributed by atoms with Crippen LogP contribution < -0.4 is 11.0 Å².